The molecule has 8 nitrogen and oxygen atoms in total. The van der Waals surface area contributed by atoms with E-state index in [1.807, 2.05) is 6.20 Å². The van der Waals surface area contributed by atoms with Gasteiger partial charge >= 0.3 is 0 Å². The van der Waals surface area contributed by atoms with Crippen LogP contribution < -0.4 is 15.1 Å². The number of halogens is 1. The van der Waals surface area contributed by atoms with Crippen LogP contribution in [0.2, 0.25) is 0 Å². The van der Waals surface area contributed by atoms with Crippen LogP contribution in [-0.4, -0.2) is 71.2 Å². The maximum absolute atomic E-state index is 14.7. The van der Waals surface area contributed by atoms with Crippen molar-refractivity contribution in [1.29, 1.82) is 0 Å². The quantitative estimate of drug-likeness (QED) is 0.547. The average Bonchev–Trinajstić information content (AvgIpc) is 2.80. The molecule has 1 aromatic carbocycles. The van der Waals surface area contributed by atoms with Gasteiger partial charge in [0, 0.05) is 50.2 Å². The van der Waals surface area contributed by atoms with Gasteiger partial charge in [0.05, 0.1) is 18.8 Å². The molecule has 0 spiro atoms. The van der Waals surface area contributed by atoms with E-state index in [0.29, 0.717) is 36.5 Å². The highest BCUT2D eigenvalue weighted by Gasteiger charge is 2.39. The second-order valence-corrected chi connectivity index (χ2v) is 10.1. The van der Waals surface area contributed by atoms with Gasteiger partial charge in [0.25, 0.3) is 0 Å². The number of methoxy groups -OCH3 is 1. The van der Waals surface area contributed by atoms with Gasteiger partial charge in [0.2, 0.25) is 5.95 Å². The van der Waals surface area contributed by atoms with E-state index in [2.05, 4.69) is 57.2 Å². The number of ether oxygens (including phenoxy) is 1. The number of aliphatic hydroxyl groups excluding tert-OH is 1. The molecule has 5 rings (SSSR count). The van der Waals surface area contributed by atoms with E-state index < -0.39 is 11.8 Å². The fourth-order valence-electron chi connectivity index (χ4n) is 4.89. The average molecular weight is 481 g/mol. The highest BCUT2D eigenvalue weighted by molar-refractivity contribution is 5.98. The summed E-state index contributed by atoms with van der Waals surface area (Å²) in [5, 5.41) is 15.5. The van der Waals surface area contributed by atoms with Crippen molar-refractivity contribution < 1.29 is 14.2 Å². The predicted octanol–water partition coefficient (Wildman–Crippen LogP) is 4.03. The van der Waals surface area contributed by atoms with Gasteiger partial charge in [-0.05, 0) is 48.4 Å². The lowest BCUT2D eigenvalue weighted by atomic mass is 9.94. The number of piperidine rings is 1. The Balaban J connectivity index is 1.42. The van der Waals surface area contributed by atoms with Crippen molar-refractivity contribution in [3.63, 3.8) is 0 Å². The molecule has 0 aliphatic carbocycles. The van der Waals surface area contributed by atoms with E-state index in [-0.39, 0.29) is 12.6 Å². The van der Waals surface area contributed by atoms with Gasteiger partial charge in [-0.3, -0.25) is 0 Å². The number of rotatable bonds is 6. The van der Waals surface area contributed by atoms with Crippen LogP contribution in [0.15, 0.2) is 36.7 Å². The van der Waals surface area contributed by atoms with Crippen molar-refractivity contribution in [2.24, 2.45) is 0 Å². The smallest absolute Gasteiger partial charge is 0.227 e. The Morgan fingerprint density at radius 2 is 1.94 bits per heavy atom. The van der Waals surface area contributed by atoms with Crippen molar-refractivity contribution in [2.75, 3.05) is 48.4 Å². The van der Waals surface area contributed by atoms with Crippen LogP contribution in [0.5, 0.6) is 0 Å². The molecule has 0 saturated carbocycles. The highest BCUT2D eigenvalue weighted by atomic mass is 19.1. The Labute approximate surface area is 205 Å². The molecule has 2 fully saturated rings. The molecule has 3 aromatic rings. The van der Waals surface area contributed by atoms with Gasteiger partial charge in [0.1, 0.15) is 11.6 Å². The summed E-state index contributed by atoms with van der Waals surface area (Å²) >= 11 is 0. The van der Waals surface area contributed by atoms with Crippen LogP contribution in [0.1, 0.15) is 38.7 Å². The van der Waals surface area contributed by atoms with Gasteiger partial charge in [-0.15, -0.1) is 0 Å². The molecule has 0 unspecified atom stereocenters. The summed E-state index contributed by atoms with van der Waals surface area (Å²) in [6.07, 6.45) is 3.21. The predicted molar refractivity (Wildman–Crippen MR) is 137 cm³/mol. The second kappa shape index (κ2) is 9.20. The molecule has 2 saturated heterocycles. The Morgan fingerprint density at radius 1 is 1.14 bits per heavy atom. The zero-order valence-corrected chi connectivity index (χ0v) is 20.7. The largest absolute Gasteiger partial charge is 0.390 e. The number of aliphatic hydroxyl groups is 1. The maximum Gasteiger partial charge on any atom is 0.227 e. The summed E-state index contributed by atoms with van der Waals surface area (Å²) in [5.74, 6) is 2.06. The summed E-state index contributed by atoms with van der Waals surface area (Å²) in [6, 6.07) is 8.23. The van der Waals surface area contributed by atoms with Crippen LogP contribution in [0, 0.1) is 0 Å². The molecule has 0 radical (unpaired) electrons. The minimum atomic E-state index is -1.70. The first-order chi connectivity index (χ1) is 16.7. The van der Waals surface area contributed by atoms with E-state index >= 15 is 0 Å². The molecule has 2 aromatic heterocycles. The van der Waals surface area contributed by atoms with Crippen LogP contribution in [0.25, 0.3) is 10.8 Å². The summed E-state index contributed by atoms with van der Waals surface area (Å²) in [7, 11) is 1.75. The lowest BCUT2D eigenvalue weighted by Gasteiger charge is -2.40. The first kappa shape index (κ1) is 23.7. The number of anilines is 4. The van der Waals surface area contributed by atoms with Crippen LogP contribution >= 0.6 is 0 Å². The fourth-order valence-corrected chi connectivity index (χ4v) is 4.89. The lowest BCUT2D eigenvalue weighted by molar-refractivity contribution is -0.00860. The van der Waals surface area contributed by atoms with Gasteiger partial charge in [-0.2, -0.15) is 4.98 Å². The lowest BCUT2D eigenvalue weighted by Crippen LogP contribution is -2.52. The van der Waals surface area contributed by atoms with Crippen molar-refractivity contribution >= 4 is 34.0 Å². The zero-order chi connectivity index (χ0) is 24.7. The van der Waals surface area contributed by atoms with Gasteiger partial charge in [-0.1, -0.05) is 19.9 Å². The topological polar surface area (TPSA) is 86.6 Å². The first-order valence-electron chi connectivity index (χ1n) is 12.2. The number of hydrogen-bond donors (Lipinski definition) is 2. The molecule has 35 heavy (non-hydrogen) atoms. The third kappa shape index (κ3) is 4.62. The molecule has 186 valence electrons. The molecule has 2 atom stereocenters. The fraction of sp³-hybridized carbons (Fsp3) is 0.500. The molecule has 2 aliphatic rings. The zero-order valence-electron chi connectivity index (χ0n) is 20.7. The SMILES string of the molecule is COC1CN(c2ccc(C(C)C)c3cc(Nc4ccnc(N5CC[C@@H](O)[C@@](C)(F)C5)n4)ncc23)C1. The molecule has 2 aliphatic heterocycles. The summed E-state index contributed by atoms with van der Waals surface area (Å²) in [4.78, 5) is 17.7. The van der Waals surface area contributed by atoms with Gasteiger partial charge in [-0.25, -0.2) is 14.4 Å². The number of pyridine rings is 1. The molecule has 2 N–H and O–H groups in total. The molecule has 4 heterocycles. The Kier molecular flexibility index (Phi) is 6.23. The van der Waals surface area contributed by atoms with E-state index in [9.17, 15) is 9.50 Å². The van der Waals surface area contributed by atoms with Crippen LogP contribution in [0.4, 0.5) is 27.7 Å². The summed E-state index contributed by atoms with van der Waals surface area (Å²) in [6.45, 7) is 8.10. The Morgan fingerprint density at radius 3 is 2.66 bits per heavy atom. The van der Waals surface area contributed by atoms with Crippen LogP contribution in [0.3, 0.4) is 0 Å². The number of hydrogen-bond acceptors (Lipinski definition) is 8. The van der Waals surface area contributed by atoms with Crippen molar-refractivity contribution in [2.45, 2.75) is 51.0 Å². The minimum absolute atomic E-state index is 0.0484. The number of nitrogens with zero attached hydrogens (tertiary/aromatic N) is 5. The summed E-state index contributed by atoms with van der Waals surface area (Å²) < 4.78 is 20.1. The molecular weight excluding hydrogens is 447 g/mol. The van der Waals surface area contributed by atoms with E-state index in [0.717, 1.165) is 23.9 Å². The Hall–Kier alpha value is -3.04. The van der Waals surface area contributed by atoms with E-state index in [1.54, 1.807) is 24.3 Å². The minimum Gasteiger partial charge on any atom is -0.390 e. The number of benzene rings is 1. The molecule has 0 amide bonds. The number of alkyl halides is 1. The standard InChI is InChI=1S/C26H33FN6O2/c1-16(2)18-5-6-21(33-13-17(14-33)35-4)20-12-29-24(11-19(18)20)30-23-7-9-28-25(31-23)32-10-8-22(34)26(3,27)15-32/h5-7,9,11-12,16-17,22,34H,8,10,13-15H2,1-4H3,(H,28,29,30,31)/t22-,26+/m1/s1. The third-order valence-electron chi connectivity index (χ3n) is 7.10. The second-order valence-electron chi connectivity index (χ2n) is 10.1. The molecular formula is C26H33FN6O2. The van der Waals surface area contributed by atoms with Crippen molar-refractivity contribution in [3.8, 4) is 0 Å². The monoisotopic (exact) mass is 480 g/mol. The third-order valence-corrected chi connectivity index (χ3v) is 7.10. The highest BCUT2D eigenvalue weighted by Crippen LogP contribution is 2.36. The van der Waals surface area contributed by atoms with E-state index in [4.69, 9.17) is 4.74 Å². The number of aromatic nitrogens is 3. The Bertz CT molecular complexity index is 1210. The summed E-state index contributed by atoms with van der Waals surface area (Å²) in [5.41, 5.74) is 0.730. The number of fused-ring (bicyclic) bond motifs is 1. The molecule has 0 bridgehead atoms. The van der Waals surface area contributed by atoms with Crippen molar-refractivity contribution in [3.05, 3.63) is 42.2 Å². The van der Waals surface area contributed by atoms with Crippen molar-refractivity contribution in [1.82, 2.24) is 15.0 Å². The van der Waals surface area contributed by atoms with Crippen LogP contribution in [-0.2, 0) is 4.74 Å². The maximum atomic E-state index is 14.7. The van der Waals surface area contributed by atoms with Gasteiger partial charge < -0.3 is 25.0 Å². The number of nitrogens with one attached hydrogen (secondary N) is 1. The molecule has 9 heteroatoms. The normalized spacial score (nSPS) is 23.1. The van der Waals surface area contributed by atoms with E-state index in [1.165, 1.54) is 18.2 Å². The first-order valence-corrected chi connectivity index (χ1v) is 12.2. The van der Waals surface area contributed by atoms with Gasteiger partial charge in [0.15, 0.2) is 5.67 Å².